The molecule has 1 atom stereocenters. The van der Waals surface area contributed by atoms with E-state index in [2.05, 4.69) is 10.1 Å². The van der Waals surface area contributed by atoms with Crippen molar-refractivity contribution in [1.29, 1.82) is 0 Å². The van der Waals surface area contributed by atoms with Crippen molar-refractivity contribution >= 4 is 5.91 Å². The first-order chi connectivity index (χ1) is 11.7. The zero-order valence-electron chi connectivity index (χ0n) is 12.7. The van der Waals surface area contributed by atoms with Crippen molar-refractivity contribution in [3.05, 3.63) is 60.3 Å². The maximum absolute atomic E-state index is 15.2. The molecule has 1 aliphatic rings. The van der Waals surface area contributed by atoms with Gasteiger partial charge in [-0.05, 0) is 18.2 Å². The first-order valence-electron chi connectivity index (χ1n) is 7.56. The topological polar surface area (TPSA) is 72.4 Å². The molecule has 0 spiro atoms. The average Bonchev–Trinajstić information content (AvgIpc) is 3.36. The number of nitrogens with zero attached hydrogens (tertiary/aromatic N) is 3. The maximum Gasteiger partial charge on any atom is 0.258 e. The van der Waals surface area contributed by atoms with Gasteiger partial charge in [-0.25, -0.2) is 4.39 Å². The number of amides is 1. The van der Waals surface area contributed by atoms with E-state index in [1.807, 2.05) is 30.3 Å². The van der Waals surface area contributed by atoms with Crippen molar-refractivity contribution in [2.75, 3.05) is 13.1 Å². The van der Waals surface area contributed by atoms with Gasteiger partial charge in [0.2, 0.25) is 5.82 Å². The number of benzene rings is 1. The molecule has 0 aliphatic carbocycles. The van der Waals surface area contributed by atoms with Crippen molar-refractivity contribution in [1.82, 2.24) is 15.0 Å². The van der Waals surface area contributed by atoms with Crippen LogP contribution in [0.25, 0.3) is 11.5 Å². The molecule has 0 saturated carbocycles. The monoisotopic (exact) mass is 327 g/mol. The summed E-state index contributed by atoms with van der Waals surface area (Å²) in [7, 11) is 0. The molecular formula is C17H14FN3O3. The summed E-state index contributed by atoms with van der Waals surface area (Å²) in [6, 6.07) is 10.7. The summed E-state index contributed by atoms with van der Waals surface area (Å²) in [6.45, 7) is 0.181. The second-order valence-electron chi connectivity index (χ2n) is 5.74. The van der Waals surface area contributed by atoms with Gasteiger partial charge in [-0.3, -0.25) is 4.79 Å². The molecule has 24 heavy (non-hydrogen) atoms. The van der Waals surface area contributed by atoms with E-state index in [9.17, 15) is 4.79 Å². The van der Waals surface area contributed by atoms with Crippen LogP contribution in [0.3, 0.4) is 0 Å². The minimum absolute atomic E-state index is 0.0242. The molecule has 122 valence electrons. The average molecular weight is 327 g/mol. The Morgan fingerprint density at radius 2 is 2.08 bits per heavy atom. The number of hydrogen-bond donors (Lipinski definition) is 0. The van der Waals surface area contributed by atoms with E-state index in [1.165, 1.54) is 17.4 Å². The molecule has 0 radical (unpaired) electrons. The first-order valence-corrected chi connectivity index (χ1v) is 7.56. The Balaban J connectivity index is 1.55. The van der Waals surface area contributed by atoms with Crippen LogP contribution < -0.4 is 0 Å². The Bertz CT molecular complexity index is 847. The van der Waals surface area contributed by atoms with Crippen molar-refractivity contribution in [3.8, 4) is 11.5 Å². The molecule has 1 aromatic carbocycles. The number of aromatic nitrogens is 2. The Labute approximate surface area is 136 Å². The van der Waals surface area contributed by atoms with Gasteiger partial charge in [0.25, 0.3) is 11.8 Å². The molecule has 1 amide bonds. The lowest BCUT2D eigenvalue weighted by molar-refractivity contribution is 0.0742. The molecule has 1 aliphatic heterocycles. The van der Waals surface area contributed by atoms with Crippen LogP contribution >= 0.6 is 0 Å². The van der Waals surface area contributed by atoms with Gasteiger partial charge in [-0.15, -0.1) is 0 Å². The van der Waals surface area contributed by atoms with Crippen LogP contribution in [0.4, 0.5) is 4.39 Å². The SMILES string of the molecule is O=C(c1ccoc1)N1CCC(F)(c2noc(-c3ccccc3)n2)C1. The van der Waals surface area contributed by atoms with Crippen LogP contribution in [0.1, 0.15) is 22.6 Å². The number of carbonyl (C=O) groups excluding carboxylic acids is 1. The van der Waals surface area contributed by atoms with E-state index >= 15 is 4.39 Å². The lowest BCUT2D eigenvalue weighted by Crippen LogP contribution is -2.32. The predicted molar refractivity (Wildman–Crippen MR) is 81.7 cm³/mol. The molecule has 0 N–H and O–H groups in total. The summed E-state index contributed by atoms with van der Waals surface area (Å²) in [5, 5.41) is 3.79. The van der Waals surface area contributed by atoms with Gasteiger partial charge in [-0.1, -0.05) is 23.4 Å². The fourth-order valence-electron chi connectivity index (χ4n) is 2.80. The van der Waals surface area contributed by atoms with E-state index in [0.717, 1.165) is 5.56 Å². The van der Waals surface area contributed by atoms with E-state index in [-0.39, 0.29) is 37.1 Å². The second kappa shape index (κ2) is 5.59. The van der Waals surface area contributed by atoms with Crippen molar-refractivity contribution < 1.29 is 18.1 Å². The van der Waals surface area contributed by atoms with Gasteiger partial charge < -0.3 is 13.8 Å². The molecule has 1 fully saturated rings. The summed E-state index contributed by atoms with van der Waals surface area (Å²) >= 11 is 0. The fourth-order valence-corrected chi connectivity index (χ4v) is 2.80. The quantitative estimate of drug-likeness (QED) is 0.739. The van der Waals surface area contributed by atoms with Gasteiger partial charge in [-0.2, -0.15) is 4.98 Å². The fraction of sp³-hybridized carbons (Fsp3) is 0.235. The number of likely N-dealkylation sites (tertiary alicyclic amines) is 1. The third-order valence-electron chi connectivity index (χ3n) is 4.12. The summed E-state index contributed by atoms with van der Waals surface area (Å²) in [4.78, 5) is 17.9. The predicted octanol–water partition coefficient (Wildman–Crippen LogP) is 3.04. The molecule has 6 nitrogen and oxygen atoms in total. The molecule has 0 bridgehead atoms. The van der Waals surface area contributed by atoms with Crippen LogP contribution in [-0.4, -0.2) is 34.0 Å². The number of halogens is 1. The summed E-state index contributed by atoms with van der Waals surface area (Å²) in [6.07, 6.45) is 2.89. The van der Waals surface area contributed by atoms with Crippen molar-refractivity contribution in [2.24, 2.45) is 0 Å². The Morgan fingerprint density at radius 3 is 2.83 bits per heavy atom. The molecule has 2 aromatic heterocycles. The highest BCUT2D eigenvalue weighted by molar-refractivity contribution is 5.94. The third kappa shape index (κ3) is 2.47. The number of furan rings is 1. The largest absolute Gasteiger partial charge is 0.472 e. The molecule has 3 aromatic rings. The first kappa shape index (κ1) is 14.6. The van der Waals surface area contributed by atoms with Gasteiger partial charge in [0.15, 0.2) is 5.67 Å². The highest BCUT2D eigenvalue weighted by atomic mass is 19.1. The van der Waals surface area contributed by atoms with Crippen molar-refractivity contribution in [2.45, 2.75) is 12.1 Å². The Morgan fingerprint density at radius 1 is 1.25 bits per heavy atom. The zero-order chi connectivity index (χ0) is 16.6. The molecule has 3 heterocycles. The number of carbonyl (C=O) groups is 1. The van der Waals surface area contributed by atoms with Crippen LogP contribution in [0.15, 0.2) is 57.9 Å². The minimum Gasteiger partial charge on any atom is -0.472 e. The van der Waals surface area contributed by atoms with Crippen LogP contribution in [0, 0.1) is 0 Å². The van der Waals surface area contributed by atoms with Crippen molar-refractivity contribution in [3.63, 3.8) is 0 Å². The standard InChI is InChI=1S/C17H14FN3O3/c18-17(7-8-21(11-17)15(22)13-6-9-23-10-13)16-19-14(24-20-16)12-4-2-1-3-5-12/h1-6,9-10H,7-8,11H2. The normalized spacial score (nSPS) is 20.5. The smallest absolute Gasteiger partial charge is 0.258 e. The van der Waals surface area contributed by atoms with Gasteiger partial charge in [0.05, 0.1) is 18.4 Å². The lowest BCUT2D eigenvalue weighted by Gasteiger charge is -2.17. The molecule has 1 saturated heterocycles. The molecular weight excluding hydrogens is 313 g/mol. The molecule has 4 rings (SSSR count). The summed E-state index contributed by atoms with van der Waals surface area (Å²) in [5.41, 5.74) is -0.683. The third-order valence-corrected chi connectivity index (χ3v) is 4.12. The number of rotatable bonds is 3. The Hall–Kier alpha value is -2.96. The van der Waals surface area contributed by atoms with E-state index in [0.29, 0.717) is 5.56 Å². The number of hydrogen-bond acceptors (Lipinski definition) is 5. The van der Waals surface area contributed by atoms with Crippen LogP contribution in [-0.2, 0) is 5.67 Å². The van der Waals surface area contributed by atoms with Crippen LogP contribution in [0.5, 0.6) is 0 Å². The Kier molecular flexibility index (Phi) is 3.41. The molecule has 1 unspecified atom stereocenters. The van der Waals surface area contributed by atoms with E-state index in [4.69, 9.17) is 8.94 Å². The lowest BCUT2D eigenvalue weighted by atomic mass is 10.1. The summed E-state index contributed by atoms with van der Waals surface area (Å²) in [5.74, 6) is -0.0267. The maximum atomic E-state index is 15.2. The van der Waals surface area contributed by atoms with Gasteiger partial charge in [0.1, 0.15) is 6.26 Å². The number of alkyl halides is 1. The van der Waals surface area contributed by atoms with Gasteiger partial charge >= 0.3 is 0 Å². The molecule has 7 heteroatoms. The van der Waals surface area contributed by atoms with E-state index in [1.54, 1.807) is 6.07 Å². The highest BCUT2D eigenvalue weighted by Gasteiger charge is 2.45. The van der Waals surface area contributed by atoms with Gasteiger partial charge in [0, 0.05) is 18.5 Å². The van der Waals surface area contributed by atoms with E-state index < -0.39 is 5.67 Å². The van der Waals surface area contributed by atoms with Crippen LogP contribution in [0.2, 0.25) is 0 Å². The highest BCUT2D eigenvalue weighted by Crippen LogP contribution is 2.36. The minimum atomic E-state index is -1.81. The zero-order valence-corrected chi connectivity index (χ0v) is 12.7. The summed E-state index contributed by atoms with van der Waals surface area (Å²) < 4.78 is 25.3. The second-order valence-corrected chi connectivity index (χ2v) is 5.74.